The van der Waals surface area contributed by atoms with Crippen molar-refractivity contribution in [2.24, 2.45) is 0 Å². The highest BCUT2D eigenvalue weighted by molar-refractivity contribution is 5.77. The van der Waals surface area contributed by atoms with Crippen LogP contribution in [0.4, 0.5) is 0 Å². The summed E-state index contributed by atoms with van der Waals surface area (Å²) in [6.07, 6.45) is 1.20. The molecule has 6 heteroatoms. The Balaban J connectivity index is 3.11. The van der Waals surface area contributed by atoms with Gasteiger partial charge in [-0.3, -0.25) is 4.79 Å². The molecule has 0 unspecified atom stereocenters. The fourth-order valence-corrected chi connectivity index (χ4v) is 1.07. The highest BCUT2D eigenvalue weighted by Crippen LogP contribution is 1.81. The highest BCUT2D eigenvalue weighted by atomic mass is 16.5. The maximum absolute atomic E-state index is 11.2. The lowest BCUT2D eigenvalue weighted by atomic mass is 10.4. The number of methoxy groups -OCH3 is 1. The molecule has 98 valence electrons. The molecule has 0 rings (SSSR count). The van der Waals surface area contributed by atoms with Crippen molar-refractivity contribution in [2.45, 2.75) is 12.8 Å². The molecule has 0 bridgehead atoms. The molecule has 0 aliphatic heterocycles. The van der Waals surface area contributed by atoms with E-state index in [0.717, 1.165) is 13.0 Å². The molecule has 17 heavy (non-hydrogen) atoms. The molecule has 0 heterocycles. The molecule has 1 amide bonds. The minimum absolute atomic E-state index is 0.0828. The van der Waals surface area contributed by atoms with Crippen molar-refractivity contribution in [3.05, 3.63) is 0 Å². The molecule has 0 aliphatic carbocycles. The second kappa shape index (κ2) is 12.9. The van der Waals surface area contributed by atoms with Crippen LogP contribution in [0.25, 0.3) is 0 Å². The summed E-state index contributed by atoms with van der Waals surface area (Å²) in [6.45, 7) is 3.30. The predicted octanol–water partition coefficient (Wildman–Crippen LogP) is -0.341. The third-order valence-electron chi connectivity index (χ3n) is 1.92. The largest absolute Gasteiger partial charge is 0.382 e. The van der Waals surface area contributed by atoms with Crippen molar-refractivity contribution >= 4 is 5.91 Å². The van der Waals surface area contributed by atoms with Gasteiger partial charge >= 0.3 is 0 Å². The Morgan fingerprint density at radius 1 is 1.29 bits per heavy atom. The van der Waals surface area contributed by atoms with Crippen LogP contribution in [0, 0.1) is 11.3 Å². The Morgan fingerprint density at radius 2 is 2.12 bits per heavy atom. The molecule has 0 aliphatic rings. The van der Waals surface area contributed by atoms with E-state index in [1.54, 1.807) is 7.11 Å². The van der Waals surface area contributed by atoms with Gasteiger partial charge in [0.2, 0.25) is 5.91 Å². The summed E-state index contributed by atoms with van der Waals surface area (Å²) in [5, 5.41) is 13.9. The number of nitriles is 1. The molecule has 0 atom stereocenters. The smallest absolute Gasteiger partial charge is 0.233 e. The minimum Gasteiger partial charge on any atom is -0.382 e. The van der Waals surface area contributed by atoms with Gasteiger partial charge in [-0.1, -0.05) is 0 Å². The summed E-state index contributed by atoms with van der Waals surface area (Å²) < 4.78 is 10.1. The van der Waals surface area contributed by atoms with Crippen LogP contribution in [0.2, 0.25) is 0 Å². The number of rotatable bonds is 11. The van der Waals surface area contributed by atoms with Crippen molar-refractivity contribution in [3.8, 4) is 6.07 Å². The van der Waals surface area contributed by atoms with Crippen LogP contribution >= 0.6 is 0 Å². The number of ether oxygens (including phenoxy) is 2. The van der Waals surface area contributed by atoms with Crippen molar-refractivity contribution < 1.29 is 14.3 Å². The lowest BCUT2D eigenvalue weighted by molar-refractivity contribution is -0.120. The Morgan fingerprint density at radius 3 is 2.82 bits per heavy atom. The number of nitrogens with zero attached hydrogens (tertiary/aromatic N) is 1. The van der Waals surface area contributed by atoms with Crippen molar-refractivity contribution in [1.82, 2.24) is 10.6 Å². The van der Waals surface area contributed by atoms with Crippen LogP contribution < -0.4 is 10.6 Å². The van der Waals surface area contributed by atoms with Gasteiger partial charge in [-0.15, -0.1) is 0 Å². The molecule has 0 radical (unpaired) electrons. The highest BCUT2D eigenvalue weighted by Gasteiger charge is 1.98. The van der Waals surface area contributed by atoms with E-state index in [0.29, 0.717) is 32.8 Å². The first-order valence-corrected chi connectivity index (χ1v) is 5.72. The monoisotopic (exact) mass is 243 g/mol. The lowest BCUT2D eigenvalue weighted by Crippen LogP contribution is -2.34. The van der Waals surface area contributed by atoms with Gasteiger partial charge in [0.05, 0.1) is 32.2 Å². The van der Waals surface area contributed by atoms with E-state index in [1.807, 2.05) is 6.07 Å². The molecular weight excluding hydrogens is 222 g/mol. The normalized spacial score (nSPS) is 9.88. The first-order valence-electron chi connectivity index (χ1n) is 5.72. The van der Waals surface area contributed by atoms with Gasteiger partial charge in [0.15, 0.2) is 0 Å². The van der Waals surface area contributed by atoms with E-state index < -0.39 is 0 Å². The van der Waals surface area contributed by atoms with E-state index in [2.05, 4.69) is 10.6 Å². The average Bonchev–Trinajstić information content (AvgIpc) is 2.33. The molecule has 0 aromatic rings. The second-order valence-corrected chi connectivity index (χ2v) is 3.39. The van der Waals surface area contributed by atoms with Crippen LogP contribution in [-0.2, 0) is 14.3 Å². The number of nitrogens with one attached hydrogen (secondary N) is 2. The maximum atomic E-state index is 11.2. The van der Waals surface area contributed by atoms with Crippen LogP contribution in [-0.4, -0.2) is 52.5 Å². The Labute approximate surface area is 102 Å². The number of amides is 1. The zero-order chi connectivity index (χ0) is 12.8. The molecule has 0 saturated carbocycles. The van der Waals surface area contributed by atoms with Gasteiger partial charge < -0.3 is 20.1 Å². The molecule has 0 saturated heterocycles. The maximum Gasteiger partial charge on any atom is 0.233 e. The lowest BCUT2D eigenvalue weighted by Gasteiger charge is -2.06. The Kier molecular flexibility index (Phi) is 12.0. The number of hydrogen-bond donors (Lipinski definition) is 2. The van der Waals surface area contributed by atoms with E-state index >= 15 is 0 Å². The van der Waals surface area contributed by atoms with Crippen LogP contribution in [0.5, 0.6) is 0 Å². The van der Waals surface area contributed by atoms with Crippen LogP contribution in [0.3, 0.4) is 0 Å². The summed E-state index contributed by atoms with van der Waals surface area (Å²) in [4.78, 5) is 11.2. The Hall–Kier alpha value is -1.16. The molecular formula is C11H21N3O3. The van der Waals surface area contributed by atoms with Crippen LogP contribution in [0.15, 0.2) is 0 Å². The molecule has 6 nitrogen and oxygen atoms in total. The van der Waals surface area contributed by atoms with Gasteiger partial charge in [0.25, 0.3) is 0 Å². The molecule has 2 N–H and O–H groups in total. The zero-order valence-corrected chi connectivity index (χ0v) is 10.3. The summed E-state index contributed by atoms with van der Waals surface area (Å²) in [5.74, 6) is -0.0828. The minimum atomic E-state index is -0.0828. The summed E-state index contributed by atoms with van der Waals surface area (Å²) in [6, 6.07) is 1.96. The Bertz CT molecular complexity index is 228. The summed E-state index contributed by atoms with van der Waals surface area (Å²) >= 11 is 0. The average molecular weight is 243 g/mol. The summed E-state index contributed by atoms with van der Waals surface area (Å²) in [7, 11) is 1.63. The van der Waals surface area contributed by atoms with Crippen LogP contribution in [0.1, 0.15) is 12.8 Å². The molecule has 0 aromatic heterocycles. The van der Waals surface area contributed by atoms with Gasteiger partial charge in [-0.05, 0) is 13.0 Å². The van der Waals surface area contributed by atoms with E-state index in [9.17, 15) is 4.79 Å². The van der Waals surface area contributed by atoms with E-state index in [4.69, 9.17) is 14.7 Å². The standard InChI is InChI=1S/C11H21N3O3/c1-16-8-9-17-7-3-5-13-10-11(15)14-6-2-4-12/h13H,2-3,5-10H2,1H3,(H,14,15). The second-order valence-electron chi connectivity index (χ2n) is 3.39. The summed E-state index contributed by atoms with van der Waals surface area (Å²) in [5.41, 5.74) is 0. The molecule has 0 fully saturated rings. The van der Waals surface area contributed by atoms with Gasteiger partial charge in [0, 0.05) is 20.3 Å². The predicted molar refractivity (Wildman–Crippen MR) is 63.4 cm³/mol. The molecule has 0 aromatic carbocycles. The van der Waals surface area contributed by atoms with Gasteiger partial charge in [-0.25, -0.2) is 0 Å². The fraction of sp³-hybridized carbons (Fsp3) is 0.818. The van der Waals surface area contributed by atoms with Gasteiger partial charge in [0.1, 0.15) is 0 Å². The SMILES string of the molecule is COCCOCCCNCC(=O)NCCC#N. The molecule has 0 spiro atoms. The number of carbonyl (C=O) groups is 1. The van der Waals surface area contributed by atoms with Gasteiger partial charge in [-0.2, -0.15) is 5.26 Å². The third-order valence-corrected chi connectivity index (χ3v) is 1.92. The quantitative estimate of drug-likeness (QED) is 0.485. The first kappa shape index (κ1) is 15.8. The topological polar surface area (TPSA) is 83.4 Å². The third kappa shape index (κ3) is 12.8. The van der Waals surface area contributed by atoms with Crippen molar-refractivity contribution in [2.75, 3.05) is 46.6 Å². The fourth-order valence-electron chi connectivity index (χ4n) is 1.07. The van der Waals surface area contributed by atoms with Crippen molar-refractivity contribution in [1.29, 1.82) is 5.26 Å². The zero-order valence-electron chi connectivity index (χ0n) is 10.3. The number of hydrogen-bond acceptors (Lipinski definition) is 5. The van der Waals surface area contributed by atoms with E-state index in [1.165, 1.54) is 0 Å². The first-order chi connectivity index (χ1) is 8.31. The van der Waals surface area contributed by atoms with E-state index in [-0.39, 0.29) is 12.5 Å². The van der Waals surface area contributed by atoms with Crippen molar-refractivity contribution in [3.63, 3.8) is 0 Å². The number of carbonyl (C=O) groups excluding carboxylic acids is 1.